The number of nitrogens with zero attached hydrogens (tertiary/aromatic N) is 2. The summed E-state index contributed by atoms with van der Waals surface area (Å²) in [6.45, 7) is 1.68. The van der Waals surface area contributed by atoms with Gasteiger partial charge in [-0.1, -0.05) is 18.2 Å². The summed E-state index contributed by atoms with van der Waals surface area (Å²) in [6, 6.07) is 8.93. The largest absolute Gasteiger partial charge is 0.389 e. The summed E-state index contributed by atoms with van der Waals surface area (Å²) in [6.07, 6.45) is 3.76. The van der Waals surface area contributed by atoms with Crippen molar-refractivity contribution in [1.82, 2.24) is 9.97 Å². The van der Waals surface area contributed by atoms with Crippen LogP contribution in [0.5, 0.6) is 0 Å². The van der Waals surface area contributed by atoms with E-state index < -0.39 is 11.9 Å². The Hall–Kier alpha value is -2.33. The van der Waals surface area contributed by atoms with Gasteiger partial charge in [-0.05, 0) is 24.6 Å². The molecule has 3 aromatic rings. The quantitative estimate of drug-likeness (QED) is 0.773. The van der Waals surface area contributed by atoms with Crippen LogP contribution in [0, 0.1) is 5.82 Å². The van der Waals surface area contributed by atoms with E-state index in [1.807, 2.05) is 24.3 Å². The fraction of sp³-hybridized carbons (Fsp3) is 0.125. The molecular weight excluding hydrogens is 255 g/mol. The van der Waals surface area contributed by atoms with E-state index in [-0.39, 0.29) is 0 Å². The molecule has 1 aromatic carbocycles. The van der Waals surface area contributed by atoms with Crippen LogP contribution in [0.3, 0.4) is 0 Å². The fourth-order valence-corrected chi connectivity index (χ4v) is 2.36. The molecule has 0 saturated carbocycles. The Morgan fingerprint density at radius 3 is 2.80 bits per heavy atom. The minimum atomic E-state index is -0.667. The van der Waals surface area contributed by atoms with Crippen molar-refractivity contribution in [2.75, 3.05) is 0 Å². The van der Waals surface area contributed by atoms with E-state index >= 15 is 0 Å². The molecule has 1 unspecified atom stereocenters. The third kappa shape index (κ3) is 2.14. The van der Waals surface area contributed by atoms with Crippen molar-refractivity contribution < 1.29 is 9.50 Å². The van der Waals surface area contributed by atoms with Crippen molar-refractivity contribution in [3.05, 3.63) is 60.3 Å². The average Bonchev–Trinajstić information content (AvgIpc) is 2.46. The smallest absolute Gasteiger partial charge is 0.142 e. The Morgan fingerprint density at radius 1 is 1.20 bits per heavy atom. The van der Waals surface area contributed by atoms with Gasteiger partial charge in [0.15, 0.2) is 0 Å². The van der Waals surface area contributed by atoms with Gasteiger partial charge in [0.1, 0.15) is 5.82 Å². The van der Waals surface area contributed by atoms with Crippen molar-refractivity contribution in [2.24, 2.45) is 0 Å². The van der Waals surface area contributed by atoms with Crippen LogP contribution in [0.2, 0.25) is 0 Å². The highest BCUT2D eigenvalue weighted by Crippen LogP contribution is 2.34. The predicted molar refractivity (Wildman–Crippen MR) is 75.6 cm³/mol. The third-order valence-electron chi connectivity index (χ3n) is 3.25. The predicted octanol–water partition coefficient (Wildman–Crippen LogP) is 3.49. The number of hydrogen-bond acceptors (Lipinski definition) is 3. The molecule has 0 aliphatic carbocycles. The molecule has 2 heterocycles. The van der Waals surface area contributed by atoms with Crippen molar-refractivity contribution in [3.63, 3.8) is 0 Å². The molecular formula is C16H13FN2O. The van der Waals surface area contributed by atoms with Gasteiger partial charge >= 0.3 is 0 Å². The van der Waals surface area contributed by atoms with Gasteiger partial charge in [0, 0.05) is 28.9 Å². The maximum atomic E-state index is 13.4. The summed E-state index contributed by atoms with van der Waals surface area (Å²) in [4.78, 5) is 8.25. The molecule has 4 heteroatoms. The van der Waals surface area contributed by atoms with E-state index in [4.69, 9.17) is 0 Å². The van der Waals surface area contributed by atoms with Gasteiger partial charge in [-0.3, -0.25) is 9.97 Å². The summed E-state index contributed by atoms with van der Waals surface area (Å²) in [5, 5.41) is 10.9. The van der Waals surface area contributed by atoms with Gasteiger partial charge in [-0.15, -0.1) is 0 Å². The number of aliphatic hydroxyl groups is 1. The summed E-state index contributed by atoms with van der Waals surface area (Å²) in [5.41, 5.74) is 2.79. The molecule has 2 aromatic heterocycles. The molecule has 0 bridgehead atoms. The zero-order chi connectivity index (χ0) is 14.1. The van der Waals surface area contributed by atoms with Crippen LogP contribution in [-0.4, -0.2) is 15.1 Å². The molecule has 3 rings (SSSR count). The number of benzene rings is 1. The molecule has 0 saturated heterocycles. The number of aliphatic hydroxyl groups excluding tert-OH is 1. The van der Waals surface area contributed by atoms with Crippen LogP contribution in [0.15, 0.2) is 48.9 Å². The molecule has 100 valence electrons. The number of fused-ring (bicyclic) bond motifs is 1. The zero-order valence-electron chi connectivity index (χ0n) is 10.9. The van der Waals surface area contributed by atoms with Crippen molar-refractivity contribution in [3.8, 4) is 11.1 Å². The highest BCUT2D eigenvalue weighted by Gasteiger charge is 2.15. The first kappa shape index (κ1) is 12.7. The summed E-state index contributed by atoms with van der Waals surface area (Å²) >= 11 is 0. The number of halogens is 1. The van der Waals surface area contributed by atoms with Crippen molar-refractivity contribution in [2.45, 2.75) is 13.0 Å². The Balaban J connectivity index is 2.38. The molecule has 0 amide bonds. The van der Waals surface area contributed by atoms with Gasteiger partial charge < -0.3 is 5.11 Å². The van der Waals surface area contributed by atoms with Crippen LogP contribution in [0.4, 0.5) is 4.39 Å². The number of hydrogen-bond donors (Lipinski definition) is 1. The number of rotatable bonds is 2. The lowest BCUT2D eigenvalue weighted by Gasteiger charge is -2.14. The van der Waals surface area contributed by atoms with Crippen molar-refractivity contribution in [1.29, 1.82) is 0 Å². The first-order chi connectivity index (χ1) is 9.66. The van der Waals surface area contributed by atoms with E-state index in [0.717, 1.165) is 22.7 Å². The molecule has 0 aliphatic rings. The monoisotopic (exact) mass is 268 g/mol. The molecule has 0 aliphatic heterocycles. The Kier molecular flexibility index (Phi) is 3.16. The van der Waals surface area contributed by atoms with Crippen molar-refractivity contribution >= 4 is 10.9 Å². The maximum absolute atomic E-state index is 13.4. The van der Waals surface area contributed by atoms with E-state index in [9.17, 15) is 9.50 Å². The van der Waals surface area contributed by atoms with Crippen LogP contribution >= 0.6 is 0 Å². The summed E-state index contributed by atoms with van der Waals surface area (Å²) < 4.78 is 13.4. The molecule has 1 atom stereocenters. The van der Waals surface area contributed by atoms with Crippen LogP contribution in [-0.2, 0) is 0 Å². The van der Waals surface area contributed by atoms with Gasteiger partial charge in [0.05, 0.1) is 17.8 Å². The first-order valence-corrected chi connectivity index (χ1v) is 6.33. The lowest BCUT2D eigenvalue weighted by molar-refractivity contribution is 0.200. The minimum absolute atomic E-state index is 0.410. The number of aromatic nitrogens is 2. The maximum Gasteiger partial charge on any atom is 0.142 e. The molecule has 0 fully saturated rings. The normalized spacial score (nSPS) is 12.6. The lowest BCUT2D eigenvalue weighted by Crippen LogP contribution is -1.98. The van der Waals surface area contributed by atoms with Gasteiger partial charge in [-0.25, -0.2) is 4.39 Å². The topological polar surface area (TPSA) is 46.0 Å². The van der Waals surface area contributed by atoms with Gasteiger partial charge in [0.25, 0.3) is 0 Å². The highest BCUT2D eigenvalue weighted by atomic mass is 19.1. The van der Waals surface area contributed by atoms with Crippen LogP contribution in [0.25, 0.3) is 22.0 Å². The third-order valence-corrected chi connectivity index (χ3v) is 3.25. The van der Waals surface area contributed by atoms with E-state index in [1.165, 1.54) is 6.07 Å². The Morgan fingerprint density at radius 2 is 2.05 bits per heavy atom. The highest BCUT2D eigenvalue weighted by molar-refractivity contribution is 5.95. The van der Waals surface area contributed by atoms with E-state index in [2.05, 4.69) is 9.97 Å². The summed E-state index contributed by atoms with van der Waals surface area (Å²) in [5.74, 6) is -0.410. The second kappa shape index (κ2) is 4.98. The Labute approximate surface area is 115 Å². The minimum Gasteiger partial charge on any atom is -0.389 e. The second-order valence-corrected chi connectivity index (χ2v) is 4.67. The van der Waals surface area contributed by atoms with E-state index in [0.29, 0.717) is 11.1 Å². The first-order valence-electron chi connectivity index (χ1n) is 6.33. The molecule has 3 nitrogen and oxygen atoms in total. The standard InChI is InChI=1S/C16H13FN2O/c1-10(20)14-5-4-11-3-2-6-19-16(11)15(14)12-7-13(17)9-18-8-12/h2-10,20H,1H3. The van der Waals surface area contributed by atoms with Gasteiger partial charge in [-0.2, -0.15) is 0 Å². The van der Waals surface area contributed by atoms with Gasteiger partial charge in [0.2, 0.25) is 0 Å². The summed E-state index contributed by atoms with van der Waals surface area (Å²) in [7, 11) is 0. The number of pyridine rings is 2. The van der Waals surface area contributed by atoms with Crippen LogP contribution in [0.1, 0.15) is 18.6 Å². The molecule has 0 radical (unpaired) electrons. The zero-order valence-corrected chi connectivity index (χ0v) is 10.9. The second-order valence-electron chi connectivity index (χ2n) is 4.67. The Bertz CT molecular complexity index is 771. The van der Waals surface area contributed by atoms with Crippen LogP contribution < -0.4 is 0 Å². The average molecular weight is 268 g/mol. The molecule has 1 N–H and O–H groups in total. The SMILES string of the molecule is CC(O)c1ccc2cccnc2c1-c1cncc(F)c1. The van der Waals surface area contributed by atoms with E-state index in [1.54, 1.807) is 19.3 Å². The molecule has 0 spiro atoms. The molecule has 20 heavy (non-hydrogen) atoms. The lowest BCUT2D eigenvalue weighted by atomic mass is 9.94. The fourth-order valence-electron chi connectivity index (χ4n) is 2.36.